The molecule has 0 saturated heterocycles. The summed E-state index contributed by atoms with van der Waals surface area (Å²) in [4.78, 5) is 10.5. The lowest BCUT2D eigenvalue weighted by molar-refractivity contribution is 0.245. The van der Waals surface area contributed by atoms with E-state index in [9.17, 15) is 13.6 Å². The molecule has 0 fully saturated rings. The molecule has 0 rings (SSSR count). The minimum Gasteiger partial charge on any atom is -0.755 e. The molecular formula is C5H11N2O3S-. The molecule has 1 unspecified atom stereocenters. The zero-order valence-electron chi connectivity index (χ0n) is 6.25. The highest BCUT2D eigenvalue weighted by atomic mass is 32.2. The summed E-state index contributed by atoms with van der Waals surface area (Å²) in [7, 11) is 0. The smallest absolute Gasteiger partial charge is 0.325 e. The van der Waals surface area contributed by atoms with E-state index < -0.39 is 17.3 Å². The first-order valence-corrected chi connectivity index (χ1v) is 4.38. The largest absolute Gasteiger partial charge is 0.755 e. The van der Waals surface area contributed by atoms with E-state index in [2.05, 4.69) is 5.32 Å². The van der Waals surface area contributed by atoms with Crippen LogP contribution in [0.1, 0.15) is 19.8 Å². The number of nitrogens with one attached hydrogen (secondary N) is 2. The van der Waals surface area contributed by atoms with Gasteiger partial charge >= 0.3 is 6.03 Å². The van der Waals surface area contributed by atoms with Crippen LogP contribution in [0.5, 0.6) is 0 Å². The Bertz CT molecular complexity index is 151. The summed E-state index contributed by atoms with van der Waals surface area (Å²) < 4.78 is 21.4. The maximum Gasteiger partial charge on any atom is 0.325 e. The van der Waals surface area contributed by atoms with Crippen molar-refractivity contribution in [2.45, 2.75) is 19.8 Å². The van der Waals surface area contributed by atoms with E-state index in [4.69, 9.17) is 0 Å². The van der Waals surface area contributed by atoms with E-state index in [1.54, 1.807) is 4.72 Å². The van der Waals surface area contributed by atoms with Crippen LogP contribution in [-0.2, 0) is 11.3 Å². The van der Waals surface area contributed by atoms with Crippen LogP contribution in [0, 0.1) is 0 Å². The van der Waals surface area contributed by atoms with Crippen molar-refractivity contribution in [3.05, 3.63) is 0 Å². The lowest BCUT2D eigenvalue weighted by atomic mass is 10.3. The van der Waals surface area contributed by atoms with Gasteiger partial charge in [0.05, 0.1) is 0 Å². The SMILES string of the molecule is CCCCNC(=O)NS(=O)[O-]. The third-order valence-corrected chi connectivity index (χ3v) is 1.34. The summed E-state index contributed by atoms with van der Waals surface area (Å²) in [5.41, 5.74) is 0. The molecule has 0 aliphatic rings. The van der Waals surface area contributed by atoms with Gasteiger partial charge in [-0.25, -0.2) is 4.79 Å². The topological polar surface area (TPSA) is 81.3 Å². The van der Waals surface area contributed by atoms with Crippen LogP contribution >= 0.6 is 0 Å². The van der Waals surface area contributed by atoms with Crippen molar-refractivity contribution in [3.63, 3.8) is 0 Å². The third-order valence-electron chi connectivity index (χ3n) is 0.992. The highest BCUT2D eigenvalue weighted by Gasteiger charge is 1.95. The van der Waals surface area contributed by atoms with E-state index in [1.165, 1.54) is 0 Å². The van der Waals surface area contributed by atoms with Crippen LogP contribution in [0.2, 0.25) is 0 Å². The van der Waals surface area contributed by atoms with Gasteiger partial charge in [0.1, 0.15) is 0 Å². The average Bonchev–Trinajstić information content (AvgIpc) is 1.86. The molecule has 2 N–H and O–H groups in total. The van der Waals surface area contributed by atoms with E-state index in [-0.39, 0.29) is 0 Å². The number of hydrogen-bond acceptors (Lipinski definition) is 3. The molecule has 0 aliphatic heterocycles. The Hall–Kier alpha value is -0.620. The Morgan fingerprint density at radius 1 is 1.64 bits per heavy atom. The zero-order chi connectivity index (χ0) is 8.69. The van der Waals surface area contributed by atoms with Gasteiger partial charge < -0.3 is 9.87 Å². The molecule has 0 aromatic carbocycles. The first-order valence-electron chi connectivity index (χ1n) is 3.30. The molecule has 0 spiro atoms. The molecule has 0 aromatic heterocycles. The van der Waals surface area contributed by atoms with Gasteiger partial charge in [-0.15, -0.1) is 0 Å². The van der Waals surface area contributed by atoms with Crippen molar-refractivity contribution in [2.75, 3.05) is 6.54 Å². The molecule has 5 nitrogen and oxygen atoms in total. The van der Waals surface area contributed by atoms with Gasteiger partial charge in [-0.05, 0) is 6.42 Å². The number of carbonyl (C=O) groups is 1. The molecule has 0 saturated carbocycles. The monoisotopic (exact) mass is 179 g/mol. The molecular weight excluding hydrogens is 168 g/mol. The molecule has 0 aliphatic carbocycles. The number of unbranched alkanes of at least 4 members (excludes halogenated alkanes) is 1. The number of amides is 2. The van der Waals surface area contributed by atoms with Gasteiger partial charge in [0.15, 0.2) is 0 Å². The molecule has 6 heteroatoms. The second-order valence-corrected chi connectivity index (χ2v) is 2.62. The first-order chi connectivity index (χ1) is 5.16. The summed E-state index contributed by atoms with van der Waals surface area (Å²) >= 11 is -2.51. The van der Waals surface area contributed by atoms with Gasteiger partial charge in [0.25, 0.3) is 0 Å². The van der Waals surface area contributed by atoms with Crippen LogP contribution < -0.4 is 10.0 Å². The van der Waals surface area contributed by atoms with E-state index in [0.29, 0.717) is 6.54 Å². The molecule has 66 valence electrons. The fourth-order valence-corrected chi connectivity index (χ4v) is 0.714. The fraction of sp³-hybridized carbons (Fsp3) is 0.800. The van der Waals surface area contributed by atoms with Crippen LogP contribution in [0.25, 0.3) is 0 Å². The Morgan fingerprint density at radius 3 is 2.73 bits per heavy atom. The number of hydrogen-bond donors (Lipinski definition) is 2. The van der Waals surface area contributed by atoms with Crippen molar-refractivity contribution in [3.8, 4) is 0 Å². The second-order valence-electron chi connectivity index (χ2n) is 1.95. The van der Waals surface area contributed by atoms with E-state index in [1.807, 2.05) is 6.92 Å². The predicted octanol–water partition coefficient (Wildman–Crippen LogP) is -0.120. The standard InChI is InChI=1S/C5H12N2O3S/c1-2-3-4-6-5(8)7-11(9)10/h2-4H2,1H3,(H,9,10)(H2,6,7,8)/p-1. The normalized spacial score (nSPS) is 12.2. The second kappa shape index (κ2) is 6.11. The molecule has 0 aromatic rings. The molecule has 1 atom stereocenters. The van der Waals surface area contributed by atoms with Crippen LogP contribution in [-0.4, -0.2) is 21.3 Å². The Morgan fingerprint density at radius 2 is 2.27 bits per heavy atom. The first kappa shape index (κ1) is 10.4. The molecule has 11 heavy (non-hydrogen) atoms. The average molecular weight is 179 g/mol. The van der Waals surface area contributed by atoms with Gasteiger partial charge in [0.2, 0.25) is 0 Å². The third kappa shape index (κ3) is 7.27. The lowest BCUT2D eigenvalue weighted by Gasteiger charge is -2.07. The Labute approximate surface area is 68.0 Å². The summed E-state index contributed by atoms with van der Waals surface area (Å²) in [5.74, 6) is 0. The van der Waals surface area contributed by atoms with Crippen molar-refractivity contribution in [1.82, 2.24) is 10.0 Å². The summed E-state index contributed by atoms with van der Waals surface area (Å²) in [6, 6.07) is -0.674. The lowest BCUT2D eigenvalue weighted by Crippen LogP contribution is -2.36. The van der Waals surface area contributed by atoms with Crippen molar-refractivity contribution >= 4 is 17.3 Å². The van der Waals surface area contributed by atoms with Crippen LogP contribution in [0.15, 0.2) is 0 Å². The molecule has 0 radical (unpaired) electrons. The quantitative estimate of drug-likeness (QED) is 0.466. The minimum absolute atomic E-state index is 0.500. The number of rotatable bonds is 4. The highest BCUT2D eigenvalue weighted by molar-refractivity contribution is 7.77. The van der Waals surface area contributed by atoms with E-state index in [0.717, 1.165) is 12.8 Å². The number of urea groups is 1. The van der Waals surface area contributed by atoms with Gasteiger partial charge in [-0.3, -0.25) is 8.93 Å². The van der Waals surface area contributed by atoms with Gasteiger partial charge in [-0.2, -0.15) is 0 Å². The van der Waals surface area contributed by atoms with Gasteiger partial charge in [-0.1, -0.05) is 13.3 Å². The predicted molar refractivity (Wildman–Crippen MR) is 40.4 cm³/mol. The summed E-state index contributed by atoms with van der Waals surface area (Å²) in [5, 5.41) is 2.37. The fourth-order valence-electron chi connectivity index (χ4n) is 0.490. The van der Waals surface area contributed by atoms with Crippen molar-refractivity contribution in [2.24, 2.45) is 0 Å². The Balaban J connectivity index is 3.30. The summed E-state index contributed by atoms with van der Waals surface area (Å²) in [6.45, 7) is 2.48. The zero-order valence-corrected chi connectivity index (χ0v) is 7.07. The highest BCUT2D eigenvalue weighted by Crippen LogP contribution is 1.81. The number of carbonyl (C=O) groups excluding carboxylic acids is 1. The van der Waals surface area contributed by atoms with Crippen molar-refractivity contribution in [1.29, 1.82) is 0 Å². The summed E-state index contributed by atoms with van der Waals surface area (Å²) in [6.07, 6.45) is 1.81. The van der Waals surface area contributed by atoms with Crippen molar-refractivity contribution < 1.29 is 13.6 Å². The van der Waals surface area contributed by atoms with Crippen LogP contribution in [0.3, 0.4) is 0 Å². The molecule has 0 heterocycles. The maximum absolute atomic E-state index is 10.5. The minimum atomic E-state index is -2.51. The molecule has 0 bridgehead atoms. The molecule has 2 amide bonds. The maximum atomic E-state index is 10.5. The van der Waals surface area contributed by atoms with E-state index >= 15 is 0 Å². The van der Waals surface area contributed by atoms with Crippen LogP contribution in [0.4, 0.5) is 4.79 Å². The Kier molecular flexibility index (Phi) is 5.77. The van der Waals surface area contributed by atoms with Gasteiger partial charge in [0, 0.05) is 17.8 Å².